The molecule has 0 N–H and O–H groups in total. The lowest BCUT2D eigenvalue weighted by Crippen LogP contribution is -2.37. The van der Waals surface area contributed by atoms with Crippen molar-refractivity contribution in [3.8, 4) is 0 Å². The number of alkyl halides is 1. The standard InChI is InChI=1S/C26H22Cl3FN2O2.ClH/c27-21-7-1-18(2-8-21)16-34-25(20-3-9-22(28)10-4-20)26(29)32-14-13-31(17-32)15-24(33)19-5-11-23(30)12-6-19;/h1-14,25-26H,15-17H2;1H. The van der Waals surface area contributed by atoms with Gasteiger partial charge in [-0.05, 0) is 59.7 Å². The summed E-state index contributed by atoms with van der Waals surface area (Å²) in [5.74, 6) is -0.480. The van der Waals surface area contributed by atoms with Gasteiger partial charge in [-0.25, -0.2) is 4.39 Å². The molecular weight excluding hydrogens is 533 g/mol. The number of hydrogen-bond donors (Lipinski definition) is 0. The third kappa shape index (κ3) is 7.35. The number of halogens is 5. The maximum atomic E-state index is 13.1. The molecule has 1 aliphatic rings. The van der Waals surface area contributed by atoms with Gasteiger partial charge in [-0.1, -0.05) is 59.1 Å². The summed E-state index contributed by atoms with van der Waals surface area (Å²) in [6.45, 7) is 0.910. The Kier molecular flexibility index (Phi) is 9.84. The summed E-state index contributed by atoms with van der Waals surface area (Å²) < 4.78 is 19.4. The van der Waals surface area contributed by atoms with E-state index in [0.29, 0.717) is 28.9 Å². The second-order valence-corrected chi connectivity index (χ2v) is 9.23. The number of hydrogen-bond acceptors (Lipinski definition) is 4. The summed E-state index contributed by atoms with van der Waals surface area (Å²) in [5.41, 5.74) is 1.76. The molecule has 2 atom stereocenters. The Morgan fingerprint density at radius 1 is 0.914 bits per heavy atom. The van der Waals surface area contributed by atoms with Crippen LogP contribution in [-0.4, -0.2) is 34.3 Å². The molecule has 35 heavy (non-hydrogen) atoms. The Labute approximate surface area is 225 Å². The molecular formula is C26H23Cl4FN2O2. The Bertz CT molecular complexity index is 1140. The van der Waals surface area contributed by atoms with Crippen molar-refractivity contribution in [1.82, 2.24) is 9.80 Å². The molecule has 184 valence electrons. The molecule has 3 aromatic carbocycles. The second-order valence-electron chi connectivity index (χ2n) is 7.91. The minimum absolute atomic E-state index is 0. The number of benzene rings is 3. The van der Waals surface area contributed by atoms with Gasteiger partial charge in [0.2, 0.25) is 0 Å². The van der Waals surface area contributed by atoms with Gasteiger partial charge >= 0.3 is 0 Å². The summed E-state index contributed by atoms with van der Waals surface area (Å²) in [6, 6.07) is 20.3. The van der Waals surface area contributed by atoms with Gasteiger partial charge < -0.3 is 14.5 Å². The van der Waals surface area contributed by atoms with Crippen LogP contribution >= 0.6 is 47.2 Å². The van der Waals surface area contributed by atoms with Crippen LogP contribution in [0.5, 0.6) is 0 Å². The molecule has 0 amide bonds. The van der Waals surface area contributed by atoms with Crippen molar-refractivity contribution in [1.29, 1.82) is 0 Å². The van der Waals surface area contributed by atoms with E-state index in [-0.39, 0.29) is 30.6 Å². The van der Waals surface area contributed by atoms with E-state index in [0.717, 1.165) is 11.1 Å². The molecule has 0 radical (unpaired) electrons. The fourth-order valence-corrected chi connectivity index (χ4v) is 4.18. The zero-order valence-corrected chi connectivity index (χ0v) is 21.6. The van der Waals surface area contributed by atoms with Crippen LogP contribution in [0.2, 0.25) is 10.0 Å². The Balaban J connectivity index is 0.00000342. The lowest BCUT2D eigenvalue weighted by atomic mass is 10.1. The second kappa shape index (κ2) is 12.6. The number of Topliss-reactive ketones (excluding diaryl/α,β-unsaturated/α-hetero) is 1. The first kappa shape index (κ1) is 27.3. The van der Waals surface area contributed by atoms with Crippen LogP contribution in [-0.2, 0) is 11.3 Å². The van der Waals surface area contributed by atoms with Crippen LogP contribution in [0.4, 0.5) is 4.39 Å². The summed E-state index contributed by atoms with van der Waals surface area (Å²) in [4.78, 5) is 16.3. The fourth-order valence-electron chi connectivity index (χ4n) is 3.59. The fraction of sp³-hybridized carbons (Fsp3) is 0.192. The van der Waals surface area contributed by atoms with Gasteiger partial charge in [-0.2, -0.15) is 0 Å². The third-order valence-corrected chi connectivity index (χ3v) is 6.42. The number of carbonyl (C=O) groups excluding carboxylic acids is 1. The van der Waals surface area contributed by atoms with Crippen LogP contribution in [0.15, 0.2) is 85.2 Å². The Morgan fingerprint density at radius 3 is 2.14 bits per heavy atom. The van der Waals surface area contributed by atoms with Crippen molar-refractivity contribution in [3.63, 3.8) is 0 Å². The molecule has 2 unspecified atom stereocenters. The molecule has 9 heteroatoms. The van der Waals surface area contributed by atoms with Crippen LogP contribution < -0.4 is 0 Å². The molecule has 0 saturated carbocycles. The molecule has 1 aliphatic heterocycles. The summed E-state index contributed by atoms with van der Waals surface area (Å²) >= 11 is 19.0. The van der Waals surface area contributed by atoms with E-state index in [1.54, 1.807) is 12.1 Å². The summed E-state index contributed by atoms with van der Waals surface area (Å²) in [5, 5.41) is 1.28. The van der Waals surface area contributed by atoms with E-state index in [1.807, 2.05) is 58.6 Å². The van der Waals surface area contributed by atoms with E-state index < -0.39 is 11.6 Å². The van der Waals surface area contributed by atoms with Gasteiger partial charge in [0, 0.05) is 28.0 Å². The molecule has 3 aromatic rings. The number of nitrogens with zero attached hydrogens (tertiary/aromatic N) is 2. The Hall–Kier alpha value is -2.28. The molecule has 4 nitrogen and oxygen atoms in total. The molecule has 0 bridgehead atoms. The number of ether oxygens (including phenoxy) is 1. The highest BCUT2D eigenvalue weighted by Crippen LogP contribution is 2.32. The highest BCUT2D eigenvalue weighted by atomic mass is 35.5. The van der Waals surface area contributed by atoms with E-state index in [9.17, 15) is 9.18 Å². The van der Waals surface area contributed by atoms with Crippen LogP contribution in [0.25, 0.3) is 0 Å². The first-order chi connectivity index (χ1) is 16.4. The maximum Gasteiger partial charge on any atom is 0.182 e. The third-order valence-electron chi connectivity index (χ3n) is 5.43. The van der Waals surface area contributed by atoms with Crippen molar-refractivity contribution >= 4 is 53.0 Å². The first-order valence-electron chi connectivity index (χ1n) is 10.6. The molecule has 4 rings (SSSR count). The molecule has 0 saturated heterocycles. The predicted octanol–water partition coefficient (Wildman–Crippen LogP) is 7.31. The number of rotatable bonds is 9. The van der Waals surface area contributed by atoms with E-state index in [2.05, 4.69) is 0 Å². The van der Waals surface area contributed by atoms with E-state index >= 15 is 0 Å². The zero-order valence-electron chi connectivity index (χ0n) is 18.5. The topological polar surface area (TPSA) is 32.8 Å². The van der Waals surface area contributed by atoms with Crippen molar-refractivity contribution in [2.24, 2.45) is 0 Å². The maximum absolute atomic E-state index is 13.1. The van der Waals surface area contributed by atoms with Crippen molar-refractivity contribution in [2.75, 3.05) is 13.2 Å². The van der Waals surface area contributed by atoms with E-state index in [1.165, 1.54) is 24.3 Å². The highest BCUT2D eigenvalue weighted by Gasteiger charge is 2.30. The average Bonchev–Trinajstić information content (AvgIpc) is 3.30. The lowest BCUT2D eigenvalue weighted by Gasteiger charge is -2.31. The van der Waals surface area contributed by atoms with Crippen molar-refractivity contribution in [3.05, 3.63) is 118 Å². The molecule has 0 aliphatic carbocycles. The van der Waals surface area contributed by atoms with Gasteiger partial charge in [0.25, 0.3) is 0 Å². The van der Waals surface area contributed by atoms with Gasteiger partial charge in [-0.3, -0.25) is 4.79 Å². The highest BCUT2D eigenvalue weighted by molar-refractivity contribution is 6.30. The molecule has 0 aromatic heterocycles. The normalized spacial score (nSPS) is 14.5. The largest absolute Gasteiger partial charge is 0.365 e. The average molecular weight is 556 g/mol. The van der Waals surface area contributed by atoms with Crippen molar-refractivity contribution in [2.45, 2.75) is 18.2 Å². The molecule has 1 heterocycles. The minimum atomic E-state index is -0.546. The van der Waals surface area contributed by atoms with Crippen LogP contribution in [0, 0.1) is 5.82 Å². The smallest absolute Gasteiger partial charge is 0.182 e. The molecule has 0 fully saturated rings. The number of carbonyl (C=O) groups is 1. The minimum Gasteiger partial charge on any atom is -0.365 e. The van der Waals surface area contributed by atoms with E-state index in [4.69, 9.17) is 39.5 Å². The monoisotopic (exact) mass is 554 g/mol. The predicted molar refractivity (Wildman–Crippen MR) is 141 cm³/mol. The Morgan fingerprint density at radius 2 is 1.51 bits per heavy atom. The van der Waals surface area contributed by atoms with Crippen molar-refractivity contribution < 1.29 is 13.9 Å². The van der Waals surface area contributed by atoms with Gasteiger partial charge in [0.15, 0.2) is 5.78 Å². The number of ketones is 1. The van der Waals surface area contributed by atoms with Gasteiger partial charge in [-0.15, -0.1) is 12.4 Å². The van der Waals surface area contributed by atoms with Crippen LogP contribution in [0.3, 0.4) is 0 Å². The van der Waals surface area contributed by atoms with Gasteiger partial charge in [0.1, 0.15) is 17.4 Å². The van der Waals surface area contributed by atoms with Crippen LogP contribution in [0.1, 0.15) is 27.6 Å². The quantitative estimate of drug-likeness (QED) is 0.157. The lowest BCUT2D eigenvalue weighted by molar-refractivity contribution is 0.00695. The zero-order chi connectivity index (χ0) is 24.1. The first-order valence-corrected chi connectivity index (χ1v) is 11.8. The van der Waals surface area contributed by atoms with Gasteiger partial charge in [0.05, 0.1) is 19.8 Å². The summed E-state index contributed by atoms with van der Waals surface area (Å²) in [7, 11) is 0. The SMILES string of the molecule is Cl.O=C(CN1C=CN(C(Cl)C(OCc2ccc(Cl)cc2)c2ccc(Cl)cc2)C1)c1ccc(F)cc1. The molecule has 0 spiro atoms. The summed E-state index contributed by atoms with van der Waals surface area (Å²) in [6.07, 6.45) is 3.19.